The Morgan fingerprint density at radius 2 is 2.21 bits per heavy atom. The van der Waals surface area contributed by atoms with Crippen LogP contribution in [0.3, 0.4) is 0 Å². The van der Waals surface area contributed by atoms with Crippen LogP contribution in [-0.2, 0) is 4.79 Å². The highest BCUT2D eigenvalue weighted by Gasteiger charge is 2.29. The number of hydrogen-bond acceptors (Lipinski definition) is 4. The lowest BCUT2D eigenvalue weighted by Gasteiger charge is -2.17. The number of hydrogen-bond donors (Lipinski definition) is 2. The normalized spacial score (nSPS) is 15.9. The summed E-state index contributed by atoms with van der Waals surface area (Å²) in [7, 11) is 1.56. The smallest absolute Gasteiger partial charge is 0.325 e. The lowest BCUT2D eigenvalue weighted by atomic mass is 10.1. The zero-order chi connectivity index (χ0) is 13.8. The minimum absolute atomic E-state index is 0.318. The number of methoxy groups -OCH3 is 1. The van der Waals surface area contributed by atoms with Gasteiger partial charge in [0.25, 0.3) is 0 Å². The monoisotopic (exact) mass is 265 g/mol. The van der Waals surface area contributed by atoms with Crippen LogP contribution in [0.15, 0.2) is 18.2 Å². The van der Waals surface area contributed by atoms with E-state index in [1.165, 1.54) is 0 Å². The number of aliphatic carboxylic acids is 1. The Kier molecular flexibility index (Phi) is 4.27. The number of carboxylic acid groups (broad SMARTS) is 1. The number of rotatable bonds is 7. The Bertz CT molecular complexity index is 457. The highest BCUT2D eigenvalue weighted by molar-refractivity contribution is 5.76. The van der Waals surface area contributed by atoms with Crippen molar-refractivity contribution in [2.75, 3.05) is 13.7 Å². The molecule has 1 saturated carbocycles. The van der Waals surface area contributed by atoms with Gasteiger partial charge in [-0.2, -0.15) is 0 Å². The Morgan fingerprint density at radius 1 is 1.47 bits per heavy atom. The maximum absolute atomic E-state index is 11.4. The number of benzene rings is 1. The molecule has 1 aliphatic rings. The maximum Gasteiger partial charge on any atom is 0.325 e. The summed E-state index contributed by atoms with van der Waals surface area (Å²) in [6.45, 7) is 2.39. The van der Waals surface area contributed by atoms with Gasteiger partial charge in [-0.05, 0) is 37.5 Å². The molecule has 1 unspecified atom stereocenters. The average Bonchev–Trinajstić information content (AvgIpc) is 3.20. The first kappa shape index (κ1) is 13.7. The van der Waals surface area contributed by atoms with Gasteiger partial charge in [0.15, 0.2) is 11.5 Å². The van der Waals surface area contributed by atoms with E-state index in [-0.39, 0.29) is 0 Å². The van der Waals surface area contributed by atoms with Crippen molar-refractivity contribution < 1.29 is 19.4 Å². The van der Waals surface area contributed by atoms with Gasteiger partial charge >= 0.3 is 5.97 Å². The molecule has 5 nitrogen and oxygen atoms in total. The van der Waals surface area contributed by atoms with Crippen LogP contribution in [-0.4, -0.2) is 30.8 Å². The summed E-state index contributed by atoms with van der Waals surface area (Å²) in [5, 5.41) is 12.4. The summed E-state index contributed by atoms with van der Waals surface area (Å²) in [6, 6.07) is 4.85. The van der Waals surface area contributed by atoms with Crippen LogP contribution in [0.2, 0.25) is 0 Å². The van der Waals surface area contributed by atoms with Gasteiger partial charge in [-0.15, -0.1) is 0 Å². The van der Waals surface area contributed by atoms with Crippen molar-refractivity contribution in [3.63, 3.8) is 0 Å². The van der Waals surface area contributed by atoms with Gasteiger partial charge in [-0.1, -0.05) is 6.07 Å². The topological polar surface area (TPSA) is 67.8 Å². The van der Waals surface area contributed by atoms with Gasteiger partial charge < -0.3 is 14.6 Å². The minimum Gasteiger partial charge on any atom is -0.493 e. The average molecular weight is 265 g/mol. The Labute approximate surface area is 112 Å². The van der Waals surface area contributed by atoms with E-state index in [1.807, 2.05) is 6.92 Å². The first-order valence-electron chi connectivity index (χ1n) is 6.45. The number of carbonyl (C=O) groups is 1. The standard InChI is InChI=1S/C14H19NO4/c1-3-19-12-8-9(4-7-11(12)18-2)13(14(16)17)15-10-5-6-10/h4,7-8,10,13,15H,3,5-6H2,1-2H3,(H,16,17). The predicted octanol–water partition coefficient (Wildman–Crippen LogP) is 1.97. The highest BCUT2D eigenvalue weighted by Crippen LogP contribution is 2.32. The highest BCUT2D eigenvalue weighted by atomic mass is 16.5. The number of ether oxygens (including phenoxy) is 2. The predicted molar refractivity (Wildman–Crippen MR) is 70.7 cm³/mol. The number of nitrogens with one attached hydrogen (secondary N) is 1. The first-order chi connectivity index (χ1) is 9.15. The fraction of sp³-hybridized carbons (Fsp3) is 0.500. The quantitative estimate of drug-likeness (QED) is 0.789. The summed E-state index contributed by atoms with van der Waals surface area (Å²) < 4.78 is 10.7. The molecule has 0 bridgehead atoms. The molecule has 0 aromatic heterocycles. The molecule has 0 amide bonds. The third kappa shape index (κ3) is 3.38. The SMILES string of the molecule is CCOc1cc(C(NC2CC2)C(=O)O)ccc1OC. The van der Waals surface area contributed by atoms with E-state index >= 15 is 0 Å². The van der Waals surface area contributed by atoms with Crippen LogP contribution in [0, 0.1) is 0 Å². The largest absolute Gasteiger partial charge is 0.493 e. The van der Waals surface area contributed by atoms with E-state index in [0.717, 1.165) is 12.8 Å². The molecule has 1 aromatic rings. The molecule has 1 fully saturated rings. The molecule has 0 heterocycles. The molecule has 19 heavy (non-hydrogen) atoms. The van der Waals surface area contributed by atoms with Crippen LogP contribution in [0.25, 0.3) is 0 Å². The van der Waals surface area contributed by atoms with Crippen molar-refractivity contribution in [3.8, 4) is 11.5 Å². The Hall–Kier alpha value is -1.75. The summed E-state index contributed by atoms with van der Waals surface area (Å²) in [4.78, 5) is 11.4. The van der Waals surface area contributed by atoms with E-state index in [9.17, 15) is 9.90 Å². The van der Waals surface area contributed by atoms with Gasteiger partial charge in [-0.25, -0.2) is 0 Å². The van der Waals surface area contributed by atoms with Crippen molar-refractivity contribution in [2.24, 2.45) is 0 Å². The second kappa shape index (κ2) is 5.93. The molecule has 104 valence electrons. The molecule has 2 rings (SSSR count). The fourth-order valence-electron chi connectivity index (χ4n) is 1.94. The Morgan fingerprint density at radius 3 is 2.74 bits per heavy atom. The molecular weight excluding hydrogens is 246 g/mol. The minimum atomic E-state index is -0.875. The zero-order valence-corrected chi connectivity index (χ0v) is 11.2. The van der Waals surface area contributed by atoms with Crippen LogP contribution in [0.1, 0.15) is 31.4 Å². The van der Waals surface area contributed by atoms with Crippen molar-refractivity contribution >= 4 is 5.97 Å². The molecule has 0 radical (unpaired) electrons. The van der Waals surface area contributed by atoms with Crippen LogP contribution in [0.4, 0.5) is 0 Å². The van der Waals surface area contributed by atoms with Crippen molar-refractivity contribution in [1.82, 2.24) is 5.32 Å². The lowest BCUT2D eigenvalue weighted by Crippen LogP contribution is -2.30. The molecule has 2 N–H and O–H groups in total. The molecule has 5 heteroatoms. The fourth-order valence-corrected chi connectivity index (χ4v) is 1.94. The molecular formula is C14H19NO4. The maximum atomic E-state index is 11.4. The second-order valence-electron chi connectivity index (χ2n) is 4.56. The van der Waals surface area contributed by atoms with E-state index in [0.29, 0.717) is 29.7 Å². The molecule has 0 aliphatic heterocycles. The third-order valence-electron chi connectivity index (χ3n) is 3.05. The van der Waals surface area contributed by atoms with E-state index in [1.54, 1.807) is 25.3 Å². The summed E-state index contributed by atoms with van der Waals surface area (Å²) >= 11 is 0. The van der Waals surface area contributed by atoms with Crippen molar-refractivity contribution in [3.05, 3.63) is 23.8 Å². The van der Waals surface area contributed by atoms with E-state index in [2.05, 4.69) is 5.32 Å². The van der Waals surface area contributed by atoms with Gasteiger partial charge in [0, 0.05) is 6.04 Å². The van der Waals surface area contributed by atoms with Crippen LogP contribution >= 0.6 is 0 Å². The van der Waals surface area contributed by atoms with E-state index in [4.69, 9.17) is 9.47 Å². The molecule has 0 saturated heterocycles. The lowest BCUT2D eigenvalue weighted by molar-refractivity contribution is -0.139. The second-order valence-corrected chi connectivity index (χ2v) is 4.56. The summed E-state index contributed by atoms with van der Waals surface area (Å²) in [5.74, 6) is 0.312. The molecule has 1 aromatic carbocycles. The van der Waals surface area contributed by atoms with Gasteiger partial charge in [0.2, 0.25) is 0 Å². The van der Waals surface area contributed by atoms with Crippen LogP contribution in [0.5, 0.6) is 11.5 Å². The summed E-state index contributed by atoms with van der Waals surface area (Å²) in [6.07, 6.45) is 2.08. The van der Waals surface area contributed by atoms with Gasteiger partial charge in [0.1, 0.15) is 6.04 Å². The van der Waals surface area contributed by atoms with E-state index < -0.39 is 12.0 Å². The van der Waals surface area contributed by atoms with Crippen molar-refractivity contribution in [2.45, 2.75) is 31.8 Å². The van der Waals surface area contributed by atoms with Gasteiger partial charge in [-0.3, -0.25) is 10.1 Å². The molecule has 1 atom stereocenters. The summed E-state index contributed by atoms with van der Waals surface area (Å²) in [5.41, 5.74) is 0.684. The molecule has 1 aliphatic carbocycles. The van der Waals surface area contributed by atoms with Gasteiger partial charge in [0.05, 0.1) is 13.7 Å². The first-order valence-corrected chi connectivity index (χ1v) is 6.45. The van der Waals surface area contributed by atoms with Crippen molar-refractivity contribution in [1.29, 1.82) is 0 Å². The molecule has 0 spiro atoms. The number of carboxylic acids is 1. The third-order valence-corrected chi connectivity index (χ3v) is 3.05. The Balaban J connectivity index is 2.25. The zero-order valence-electron chi connectivity index (χ0n) is 11.2. The van der Waals surface area contributed by atoms with Crippen LogP contribution < -0.4 is 14.8 Å².